The van der Waals surface area contributed by atoms with E-state index in [1.807, 2.05) is 6.07 Å². The Labute approximate surface area is 181 Å². The van der Waals surface area contributed by atoms with Crippen LogP contribution in [-0.4, -0.2) is 83.5 Å². The van der Waals surface area contributed by atoms with Crippen LogP contribution in [0.4, 0.5) is 0 Å². The van der Waals surface area contributed by atoms with E-state index >= 15 is 0 Å². The minimum atomic E-state index is -0.411. The maximum Gasteiger partial charge on any atom is 0.328 e. The van der Waals surface area contributed by atoms with Gasteiger partial charge in [-0.2, -0.15) is 0 Å². The van der Waals surface area contributed by atoms with E-state index in [1.54, 1.807) is 23.2 Å². The van der Waals surface area contributed by atoms with Gasteiger partial charge in [-0.1, -0.05) is 12.1 Å². The molecule has 30 heavy (non-hydrogen) atoms. The Bertz CT molecular complexity index is 845. The molecular formula is C22H30N4O3S. The van der Waals surface area contributed by atoms with Gasteiger partial charge in [0.2, 0.25) is 5.91 Å². The van der Waals surface area contributed by atoms with Gasteiger partial charge in [0.25, 0.3) is 0 Å². The monoisotopic (exact) mass is 430 g/mol. The maximum atomic E-state index is 12.9. The predicted molar refractivity (Wildman–Crippen MR) is 117 cm³/mol. The van der Waals surface area contributed by atoms with Crippen molar-refractivity contribution in [3.63, 3.8) is 0 Å². The highest BCUT2D eigenvalue weighted by Gasteiger charge is 2.34. The van der Waals surface area contributed by atoms with Crippen molar-refractivity contribution in [1.82, 2.24) is 19.7 Å². The van der Waals surface area contributed by atoms with Gasteiger partial charge < -0.3 is 9.64 Å². The van der Waals surface area contributed by atoms with Gasteiger partial charge in [0.15, 0.2) is 0 Å². The summed E-state index contributed by atoms with van der Waals surface area (Å²) in [5, 5.41) is 1.14. The number of hydrogen-bond acceptors (Lipinski definition) is 7. The highest BCUT2D eigenvalue weighted by Crippen LogP contribution is 2.23. The highest BCUT2D eigenvalue weighted by atomic mass is 32.1. The van der Waals surface area contributed by atoms with Gasteiger partial charge in [-0.3, -0.25) is 14.6 Å². The van der Waals surface area contributed by atoms with E-state index < -0.39 is 6.04 Å². The zero-order chi connectivity index (χ0) is 20.9. The molecule has 0 radical (unpaired) electrons. The van der Waals surface area contributed by atoms with Crippen molar-refractivity contribution in [1.29, 1.82) is 0 Å². The number of esters is 1. The van der Waals surface area contributed by atoms with Crippen LogP contribution < -0.4 is 0 Å². The van der Waals surface area contributed by atoms with Crippen LogP contribution in [-0.2, 0) is 20.9 Å². The number of piperidine rings is 1. The number of carbonyl (C=O) groups excluding carboxylic acids is 2. The van der Waals surface area contributed by atoms with Crippen molar-refractivity contribution in [2.75, 3.05) is 45.9 Å². The molecule has 1 unspecified atom stereocenters. The molecule has 1 amide bonds. The number of hydrogen-bond donors (Lipinski definition) is 0. The van der Waals surface area contributed by atoms with Gasteiger partial charge in [0, 0.05) is 32.7 Å². The molecule has 162 valence electrons. The van der Waals surface area contributed by atoms with Crippen LogP contribution in [0.2, 0.25) is 0 Å². The van der Waals surface area contributed by atoms with Crippen molar-refractivity contribution in [2.24, 2.45) is 0 Å². The minimum Gasteiger partial charge on any atom is -0.464 e. The lowest BCUT2D eigenvalue weighted by Gasteiger charge is -2.38. The molecule has 3 heterocycles. The summed E-state index contributed by atoms with van der Waals surface area (Å²) in [6.07, 6.45) is 2.63. The van der Waals surface area contributed by atoms with Crippen LogP contribution in [0.5, 0.6) is 0 Å². The summed E-state index contributed by atoms with van der Waals surface area (Å²) in [6.45, 7) is 7.61. The van der Waals surface area contributed by atoms with Gasteiger partial charge in [-0.25, -0.2) is 9.78 Å². The Balaban J connectivity index is 1.27. The second-order valence-electron chi connectivity index (χ2n) is 7.98. The number of nitrogens with zero attached hydrogens (tertiary/aromatic N) is 4. The molecule has 0 N–H and O–H groups in total. The third kappa shape index (κ3) is 4.99. The number of ether oxygens (including phenoxy) is 1. The molecule has 1 atom stereocenters. The summed E-state index contributed by atoms with van der Waals surface area (Å²) in [4.78, 5) is 36.2. The highest BCUT2D eigenvalue weighted by molar-refractivity contribution is 7.18. The van der Waals surface area contributed by atoms with Crippen LogP contribution >= 0.6 is 11.3 Å². The van der Waals surface area contributed by atoms with E-state index in [-0.39, 0.29) is 11.9 Å². The maximum absolute atomic E-state index is 12.9. The Morgan fingerprint density at radius 2 is 1.87 bits per heavy atom. The number of para-hydroxylation sites is 1. The fraction of sp³-hybridized carbons (Fsp3) is 0.591. The Kier molecular flexibility index (Phi) is 6.97. The molecule has 2 aliphatic heterocycles. The molecule has 2 saturated heterocycles. The lowest BCUT2D eigenvalue weighted by atomic mass is 10.0. The van der Waals surface area contributed by atoms with E-state index in [4.69, 9.17) is 9.72 Å². The molecule has 0 aliphatic carbocycles. The van der Waals surface area contributed by atoms with Crippen LogP contribution in [0.3, 0.4) is 0 Å². The van der Waals surface area contributed by atoms with Crippen LogP contribution in [0.15, 0.2) is 24.3 Å². The number of amides is 1. The van der Waals surface area contributed by atoms with Crippen LogP contribution in [0.1, 0.15) is 31.2 Å². The molecule has 7 nitrogen and oxygen atoms in total. The molecule has 4 rings (SSSR count). The molecular weight excluding hydrogens is 400 g/mol. The largest absolute Gasteiger partial charge is 0.464 e. The first-order valence-corrected chi connectivity index (χ1v) is 11.7. The first kappa shape index (κ1) is 21.2. The van der Waals surface area contributed by atoms with Gasteiger partial charge in [0.05, 0.1) is 29.9 Å². The first-order valence-electron chi connectivity index (χ1n) is 10.9. The van der Waals surface area contributed by atoms with Crippen LogP contribution in [0.25, 0.3) is 10.2 Å². The fourth-order valence-corrected chi connectivity index (χ4v) is 5.29. The third-order valence-corrected chi connectivity index (χ3v) is 6.92. The summed E-state index contributed by atoms with van der Waals surface area (Å²) in [5.41, 5.74) is 1.07. The van der Waals surface area contributed by atoms with Gasteiger partial charge in [-0.05, 0) is 38.3 Å². The SMILES string of the molecule is CCOC(=O)C1CCCCN1C(=O)CN1CCN(Cc2nc3ccccc3s2)CC1. The van der Waals surface area contributed by atoms with Crippen molar-refractivity contribution < 1.29 is 14.3 Å². The predicted octanol–water partition coefficient (Wildman–Crippen LogP) is 2.36. The lowest BCUT2D eigenvalue weighted by molar-refractivity contribution is -0.157. The number of piperazine rings is 1. The van der Waals surface area contributed by atoms with Crippen molar-refractivity contribution in [3.05, 3.63) is 29.3 Å². The number of rotatable bonds is 6. The fourth-order valence-electron chi connectivity index (χ4n) is 4.28. The Morgan fingerprint density at radius 3 is 2.63 bits per heavy atom. The zero-order valence-corrected chi connectivity index (χ0v) is 18.4. The molecule has 0 spiro atoms. The summed E-state index contributed by atoms with van der Waals surface area (Å²) in [7, 11) is 0. The smallest absolute Gasteiger partial charge is 0.328 e. The average Bonchev–Trinajstić information content (AvgIpc) is 3.17. The number of likely N-dealkylation sites (tertiary alicyclic amines) is 1. The first-order chi connectivity index (χ1) is 14.6. The quantitative estimate of drug-likeness (QED) is 0.656. The van der Waals surface area contributed by atoms with Crippen molar-refractivity contribution in [2.45, 2.75) is 38.8 Å². The molecule has 2 aromatic rings. The van der Waals surface area contributed by atoms with E-state index in [9.17, 15) is 9.59 Å². The van der Waals surface area contributed by atoms with Crippen molar-refractivity contribution >= 4 is 33.4 Å². The zero-order valence-electron chi connectivity index (χ0n) is 17.6. The third-order valence-electron chi connectivity index (χ3n) is 5.90. The topological polar surface area (TPSA) is 66.0 Å². The minimum absolute atomic E-state index is 0.0485. The summed E-state index contributed by atoms with van der Waals surface area (Å²) in [5.74, 6) is -0.210. The van der Waals surface area contributed by atoms with Crippen LogP contribution in [0, 0.1) is 0 Å². The Hall–Kier alpha value is -2.03. The van der Waals surface area contributed by atoms with E-state index in [0.29, 0.717) is 26.1 Å². The molecule has 2 fully saturated rings. The molecule has 8 heteroatoms. The van der Waals surface area contributed by atoms with Gasteiger partial charge >= 0.3 is 5.97 Å². The number of carbonyl (C=O) groups is 2. The van der Waals surface area contributed by atoms with Gasteiger partial charge in [0.1, 0.15) is 11.0 Å². The average molecular weight is 431 g/mol. The standard InChI is InChI=1S/C22H30N4O3S/c1-2-29-22(28)18-8-5-6-10-26(18)21(27)16-25-13-11-24(12-14-25)15-20-23-17-7-3-4-9-19(17)30-20/h3-4,7,9,18H,2,5-6,8,10-16H2,1H3. The second kappa shape index (κ2) is 9.85. The second-order valence-corrected chi connectivity index (χ2v) is 9.09. The summed E-state index contributed by atoms with van der Waals surface area (Å²) < 4.78 is 6.42. The normalized spacial score (nSPS) is 21.1. The number of benzene rings is 1. The molecule has 1 aromatic heterocycles. The van der Waals surface area contributed by atoms with Gasteiger partial charge in [-0.15, -0.1) is 11.3 Å². The molecule has 0 saturated carbocycles. The van der Waals surface area contributed by atoms with Crippen molar-refractivity contribution in [3.8, 4) is 0 Å². The molecule has 1 aromatic carbocycles. The van der Waals surface area contributed by atoms with E-state index in [2.05, 4.69) is 28.0 Å². The summed E-state index contributed by atoms with van der Waals surface area (Å²) >= 11 is 1.76. The Morgan fingerprint density at radius 1 is 1.10 bits per heavy atom. The molecule has 2 aliphatic rings. The van der Waals surface area contributed by atoms with E-state index in [1.165, 1.54) is 4.70 Å². The number of fused-ring (bicyclic) bond motifs is 1. The molecule has 0 bridgehead atoms. The number of thiazole rings is 1. The summed E-state index contributed by atoms with van der Waals surface area (Å²) in [6, 6.07) is 7.84. The van der Waals surface area contributed by atoms with E-state index in [0.717, 1.165) is 56.1 Å². The number of aromatic nitrogens is 1. The lowest BCUT2D eigenvalue weighted by Crippen LogP contribution is -2.54.